The predicted octanol–water partition coefficient (Wildman–Crippen LogP) is 2.58. The number of nitrogens with one attached hydrogen (secondary N) is 1. The highest BCUT2D eigenvalue weighted by molar-refractivity contribution is 4.77. The molecule has 0 spiro atoms. The molecule has 1 unspecified atom stereocenters. The van der Waals surface area contributed by atoms with Gasteiger partial charge in [0.15, 0.2) is 0 Å². The molecule has 1 N–H and O–H groups in total. The summed E-state index contributed by atoms with van der Waals surface area (Å²) in [5.41, 5.74) is 0. The lowest BCUT2D eigenvalue weighted by Crippen LogP contribution is -2.33. The van der Waals surface area contributed by atoms with Crippen LogP contribution >= 0.6 is 0 Å². The normalized spacial score (nSPS) is 19.3. The summed E-state index contributed by atoms with van der Waals surface area (Å²) in [6, 6.07) is 0.692. The number of rotatable bonds is 8. The quantitative estimate of drug-likeness (QED) is 0.607. The third-order valence-corrected chi connectivity index (χ3v) is 3.15. The SMILES string of the molecule is CCNC(CCOCC)CC1CCC1. The van der Waals surface area contributed by atoms with Gasteiger partial charge < -0.3 is 10.1 Å². The minimum atomic E-state index is 0.692. The maximum absolute atomic E-state index is 5.40. The molecule has 1 aliphatic rings. The van der Waals surface area contributed by atoms with E-state index < -0.39 is 0 Å². The molecule has 2 heteroatoms. The van der Waals surface area contributed by atoms with E-state index in [1.165, 1.54) is 32.1 Å². The van der Waals surface area contributed by atoms with E-state index in [4.69, 9.17) is 4.74 Å². The van der Waals surface area contributed by atoms with E-state index in [1.807, 2.05) is 0 Å². The number of hydrogen-bond donors (Lipinski definition) is 1. The smallest absolute Gasteiger partial charge is 0.0480 e. The zero-order valence-corrected chi connectivity index (χ0v) is 9.72. The highest BCUT2D eigenvalue weighted by atomic mass is 16.5. The molecule has 1 atom stereocenters. The Morgan fingerprint density at radius 1 is 1.36 bits per heavy atom. The summed E-state index contributed by atoms with van der Waals surface area (Å²) in [7, 11) is 0. The van der Waals surface area contributed by atoms with Gasteiger partial charge in [0.25, 0.3) is 0 Å². The van der Waals surface area contributed by atoms with Crippen molar-refractivity contribution in [1.29, 1.82) is 0 Å². The highest BCUT2D eigenvalue weighted by Gasteiger charge is 2.21. The van der Waals surface area contributed by atoms with Gasteiger partial charge >= 0.3 is 0 Å². The Bertz CT molecular complexity index is 134. The molecule has 0 saturated heterocycles. The van der Waals surface area contributed by atoms with E-state index >= 15 is 0 Å². The van der Waals surface area contributed by atoms with Crippen LogP contribution in [0.1, 0.15) is 46.0 Å². The van der Waals surface area contributed by atoms with Crippen LogP contribution in [0, 0.1) is 5.92 Å². The van der Waals surface area contributed by atoms with Gasteiger partial charge in [-0.1, -0.05) is 26.2 Å². The van der Waals surface area contributed by atoms with Gasteiger partial charge in [0, 0.05) is 19.3 Å². The average Bonchev–Trinajstić information content (AvgIpc) is 2.11. The van der Waals surface area contributed by atoms with Crippen molar-refractivity contribution in [2.75, 3.05) is 19.8 Å². The maximum atomic E-state index is 5.40. The second-order valence-electron chi connectivity index (χ2n) is 4.27. The van der Waals surface area contributed by atoms with Crippen molar-refractivity contribution in [3.63, 3.8) is 0 Å². The molecule has 0 amide bonds. The summed E-state index contributed by atoms with van der Waals surface area (Å²) in [5, 5.41) is 3.56. The molecule has 14 heavy (non-hydrogen) atoms. The predicted molar refractivity (Wildman–Crippen MR) is 60.5 cm³/mol. The molecule has 0 aromatic carbocycles. The summed E-state index contributed by atoms with van der Waals surface area (Å²) in [5.74, 6) is 1.00. The lowest BCUT2D eigenvalue weighted by Gasteiger charge is -2.30. The van der Waals surface area contributed by atoms with Gasteiger partial charge in [-0.05, 0) is 32.2 Å². The van der Waals surface area contributed by atoms with Crippen molar-refractivity contribution in [3.05, 3.63) is 0 Å². The van der Waals surface area contributed by atoms with Gasteiger partial charge in [-0.2, -0.15) is 0 Å². The molecular weight excluding hydrogens is 174 g/mol. The Morgan fingerprint density at radius 2 is 2.14 bits per heavy atom. The number of ether oxygens (including phenoxy) is 1. The third-order valence-electron chi connectivity index (χ3n) is 3.15. The molecule has 0 aromatic rings. The summed E-state index contributed by atoms with van der Waals surface area (Å²) >= 11 is 0. The van der Waals surface area contributed by atoms with Gasteiger partial charge in [0.1, 0.15) is 0 Å². The van der Waals surface area contributed by atoms with Crippen LogP contribution in [0.2, 0.25) is 0 Å². The highest BCUT2D eigenvalue weighted by Crippen LogP contribution is 2.30. The Labute approximate surface area is 88.4 Å². The van der Waals surface area contributed by atoms with E-state index in [0.717, 1.165) is 25.7 Å². The molecule has 0 aliphatic heterocycles. The minimum Gasteiger partial charge on any atom is -0.382 e. The fourth-order valence-electron chi connectivity index (χ4n) is 2.09. The lowest BCUT2D eigenvalue weighted by molar-refractivity contribution is 0.129. The first-order valence-electron chi connectivity index (χ1n) is 6.18. The van der Waals surface area contributed by atoms with E-state index in [-0.39, 0.29) is 0 Å². The maximum Gasteiger partial charge on any atom is 0.0480 e. The summed E-state index contributed by atoms with van der Waals surface area (Å²) in [6.45, 7) is 7.11. The molecule has 1 saturated carbocycles. The van der Waals surface area contributed by atoms with Crippen LogP contribution in [-0.4, -0.2) is 25.8 Å². The molecule has 1 aliphatic carbocycles. The monoisotopic (exact) mass is 199 g/mol. The van der Waals surface area contributed by atoms with Crippen LogP contribution in [0.4, 0.5) is 0 Å². The molecule has 0 bridgehead atoms. The van der Waals surface area contributed by atoms with Crippen molar-refractivity contribution in [2.45, 2.75) is 52.0 Å². The zero-order valence-electron chi connectivity index (χ0n) is 9.72. The van der Waals surface area contributed by atoms with E-state index in [1.54, 1.807) is 0 Å². The van der Waals surface area contributed by atoms with Crippen molar-refractivity contribution in [1.82, 2.24) is 5.32 Å². The van der Waals surface area contributed by atoms with Crippen LogP contribution in [0.3, 0.4) is 0 Å². The Kier molecular flexibility index (Phi) is 6.20. The Hall–Kier alpha value is -0.0800. The summed E-state index contributed by atoms with van der Waals surface area (Å²) in [4.78, 5) is 0. The molecule has 2 nitrogen and oxygen atoms in total. The average molecular weight is 199 g/mol. The van der Waals surface area contributed by atoms with Crippen molar-refractivity contribution in [2.24, 2.45) is 5.92 Å². The van der Waals surface area contributed by atoms with Crippen molar-refractivity contribution >= 4 is 0 Å². The van der Waals surface area contributed by atoms with Crippen LogP contribution in [0.5, 0.6) is 0 Å². The molecule has 1 rings (SSSR count). The van der Waals surface area contributed by atoms with Crippen LogP contribution in [0.15, 0.2) is 0 Å². The third kappa shape index (κ3) is 4.43. The molecular formula is C12H25NO. The first kappa shape index (κ1) is 12.0. The Balaban J connectivity index is 2.09. The van der Waals surface area contributed by atoms with Gasteiger partial charge in [-0.25, -0.2) is 0 Å². The second kappa shape index (κ2) is 7.24. The summed E-state index contributed by atoms with van der Waals surface area (Å²) in [6.07, 6.45) is 6.90. The van der Waals surface area contributed by atoms with Crippen LogP contribution < -0.4 is 5.32 Å². The van der Waals surface area contributed by atoms with Crippen molar-refractivity contribution in [3.8, 4) is 0 Å². The second-order valence-corrected chi connectivity index (χ2v) is 4.27. The van der Waals surface area contributed by atoms with Gasteiger partial charge in [0.05, 0.1) is 0 Å². The van der Waals surface area contributed by atoms with Gasteiger partial charge in [-0.15, -0.1) is 0 Å². The largest absolute Gasteiger partial charge is 0.382 e. The number of hydrogen-bond acceptors (Lipinski definition) is 2. The lowest BCUT2D eigenvalue weighted by atomic mass is 9.80. The van der Waals surface area contributed by atoms with Gasteiger partial charge in [-0.3, -0.25) is 0 Å². The first-order chi connectivity index (χ1) is 6.86. The minimum absolute atomic E-state index is 0.692. The standard InChI is InChI=1S/C12H25NO/c1-3-13-12(8-9-14-4-2)10-11-6-5-7-11/h11-13H,3-10H2,1-2H3. The van der Waals surface area contributed by atoms with Crippen LogP contribution in [-0.2, 0) is 4.74 Å². The molecule has 0 aromatic heterocycles. The topological polar surface area (TPSA) is 21.3 Å². The first-order valence-corrected chi connectivity index (χ1v) is 6.18. The van der Waals surface area contributed by atoms with E-state index in [0.29, 0.717) is 6.04 Å². The fourth-order valence-corrected chi connectivity index (χ4v) is 2.09. The van der Waals surface area contributed by atoms with E-state index in [2.05, 4.69) is 19.2 Å². The Morgan fingerprint density at radius 3 is 2.64 bits per heavy atom. The molecule has 0 heterocycles. The van der Waals surface area contributed by atoms with Crippen LogP contribution in [0.25, 0.3) is 0 Å². The molecule has 0 radical (unpaired) electrons. The zero-order chi connectivity index (χ0) is 10.2. The fraction of sp³-hybridized carbons (Fsp3) is 1.00. The van der Waals surface area contributed by atoms with E-state index in [9.17, 15) is 0 Å². The molecule has 1 fully saturated rings. The molecule has 84 valence electrons. The van der Waals surface area contributed by atoms with Gasteiger partial charge in [0.2, 0.25) is 0 Å². The van der Waals surface area contributed by atoms with Crippen molar-refractivity contribution < 1.29 is 4.74 Å². The summed E-state index contributed by atoms with van der Waals surface area (Å²) < 4.78 is 5.40.